The molecule has 0 aliphatic carbocycles. The molecule has 0 saturated carbocycles. The first-order chi connectivity index (χ1) is 10.3. The first-order valence-corrected chi connectivity index (χ1v) is 8.10. The number of carbonyl (C=O) groups is 2. The second kappa shape index (κ2) is 6.62. The molecule has 0 aromatic heterocycles. The third-order valence-corrected chi connectivity index (χ3v) is 4.69. The molecule has 1 aliphatic rings. The van der Waals surface area contributed by atoms with Gasteiger partial charge in [0.2, 0.25) is 0 Å². The van der Waals surface area contributed by atoms with Gasteiger partial charge in [0, 0.05) is 0 Å². The van der Waals surface area contributed by atoms with E-state index in [4.69, 9.17) is 12.2 Å². The monoisotopic (exact) mass is 335 g/mol. The van der Waals surface area contributed by atoms with Crippen LogP contribution < -0.4 is 0 Å². The Bertz CT molecular complexity index is 650. The van der Waals surface area contributed by atoms with Crippen molar-refractivity contribution in [3.63, 3.8) is 0 Å². The van der Waals surface area contributed by atoms with Gasteiger partial charge in [-0.3, -0.25) is 9.69 Å². The van der Waals surface area contributed by atoms with Crippen LogP contribution in [0.3, 0.4) is 0 Å². The van der Waals surface area contributed by atoms with Crippen LogP contribution in [0.4, 0.5) is 0 Å². The minimum atomic E-state index is -1.04. The van der Waals surface area contributed by atoms with Crippen molar-refractivity contribution in [2.75, 3.05) is 0 Å². The Morgan fingerprint density at radius 2 is 1.91 bits per heavy atom. The third-order valence-electron chi connectivity index (χ3n) is 3.36. The number of thiocarbonyl (C=S) groups is 1. The van der Waals surface area contributed by atoms with E-state index in [1.54, 1.807) is 19.9 Å². The summed E-state index contributed by atoms with van der Waals surface area (Å²) in [6.45, 7) is 5.52. The van der Waals surface area contributed by atoms with E-state index in [2.05, 4.69) is 0 Å². The van der Waals surface area contributed by atoms with Gasteiger partial charge in [0.05, 0.1) is 4.91 Å². The summed E-state index contributed by atoms with van der Waals surface area (Å²) in [7, 11) is 0. The summed E-state index contributed by atoms with van der Waals surface area (Å²) < 4.78 is 0.296. The molecule has 0 bridgehead atoms. The zero-order chi connectivity index (χ0) is 16.4. The lowest BCUT2D eigenvalue weighted by molar-refractivity contribution is -0.146. The van der Waals surface area contributed by atoms with Crippen molar-refractivity contribution < 1.29 is 14.7 Å². The highest BCUT2D eigenvalue weighted by Gasteiger charge is 2.41. The third kappa shape index (κ3) is 3.39. The van der Waals surface area contributed by atoms with Gasteiger partial charge in [0.1, 0.15) is 10.4 Å². The lowest BCUT2D eigenvalue weighted by Gasteiger charge is -2.26. The number of carbonyl (C=O) groups excluding carboxylic acids is 1. The second-order valence-electron chi connectivity index (χ2n) is 5.49. The minimum Gasteiger partial charge on any atom is -0.480 e. The highest BCUT2D eigenvalue weighted by Crippen LogP contribution is 2.35. The molecule has 116 valence electrons. The fourth-order valence-electron chi connectivity index (χ4n) is 2.23. The quantitative estimate of drug-likeness (QED) is 0.676. The number of amides is 1. The number of nitrogens with zero attached hydrogens (tertiary/aromatic N) is 1. The number of aliphatic carboxylic acids is 1. The van der Waals surface area contributed by atoms with Gasteiger partial charge in [-0.15, -0.1) is 0 Å². The fourth-order valence-corrected chi connectivity index (χ4v) is 3.56. The number of carboxylic acid groups (broad SMARTS) is 1. The van der Waals surface area contributed by atoms with Gasteiger partial charge in [0.15, 0.2) is 0 Å². The van der Waals surface area contributed by atoms with Crippen molar-refractivity contribution in [2.24, 2.45) is 5.92 Å². The standard InChI is InChI=1S/C16H17NO3S2/c1-9(2)13(15(19)20)17-14(18)12(22-16(17)21)8-11-6-4-10(3)5-7-11/h4-9,13H,1-3H3,(H,19,20)/b12-8-. The predicted octanol–water partition coefficient (Wildman–Crippen LogP) is 3.31. The van der Waals surface area contributed by atoms with E-state index in [1.165, 1.54) is 4.90 Å². The van der Waals surface area contributed by atoms with Crippen molar-refractivity contribution in [3.05, 3.63) is 40.3 Å². The molecule has 22 heavy (non-hydrogen) atoms. The van der Waals surface area contributed by atoms with Gasteiger partial charge in [-0.2, -0.15) is 0 Å². The Morgan fingerprint density at radius 1 is 1.32 bits per heavy atom. The van der Waals surface area contributed by atoms with Gasteiger partial charge in [-0.05, 0) is 24.5 Å². The molecule has 1 unspecified atom stereocenters. The summed E-state index contributed by atoms with van der Waals surface area (Å²) in [6, 6.07) is 6.82. The van der Waals surface area contributed by atoms with Crippen LogP contribution in [0.15, 0.2) is 29.2 Å². The van der Waals surface area contributed by atoms with Crippen LogP contribution in [-0.2, 0) is 9.59 Å². The molecule has 2 rings (SSSR count). The lowest BCUT2D eigenvalue weighted by atomic mass is 10.0. The first kappa shape index (κ1) is 16.7. The number of aryl methyl sites for hydroxylation is 1. The highest BCUT2D eigenvalue weighted by molar-refractivity contribution is 8.26. The highest BCUT2D eigenvalue weighted by atomic mass is 32.2. The van der Waals surface area contributed by atoms with E-state index in [-0.39, 0.29) is 11.8 Å². The van der Waals surface area contributed by atoms with E-state index < -0.39 is 12.0 Å². The van der Waals surface area contributed by atoms with Crippen molar-refractivity contribution >= 4 is 46.3 Å². The van der Waals surface area contributed by atoms with Crippen LogP contribution in [0.1, 0.15) is 25.0 Å². The second-order valence-corrected chi connectivity index (χ2v) is 7.17. The van der Waals surface area contributed by atoms with Gasteiger partial charge < -0.3 is 5.11 Å². The molecule has 1 aromatic rings. The molecule has 1 atom stereocenters. The Hall–Kier alpha value is -1.66. The maximum atomic E-state index is 12.5. The number of carboxylic acids is 1. The fraction of sp³-hybridized carbons (Fsp3) is 0.312. The number of benzene rings is 1. The van der Waals surface area contributed by atoms with E-state index >= 15 is 0 Å². The molecule has 1 amide bonds. The van der Waals surface area contributed by atoms with E-state index in [9.17, 15) is 14.7 Å². The largest absolute Gasteiger partial charge is 0.480 e. The van der Waals surface area contributed by atoms with Gasteiger partial charge in [-0.1, -0.05) is 67.7 Å². The average Bonchev–Trinajstić information content (AvgIpc) is 2.69. The maximum absolute atomic E-state index is 12.5. The molecular weight excluding hydrogens is 318 g/mol. The summed E-state index contributed by atoms with van der Waals surface area (Å²) in [5, 5.41) is 9.36. The molecule has 0 radical (unpaired) electrons. The molecule has 1 fully saturated rings. The van der Waals surface area contributed by atoms with Crippen LogP contribution in [-0.4, -0.2) is 32.2 Å². The maximum Gasteiger partial charge on any atom is 0.327 e. The van der Waals surface area contributed by atoms with Crippen LogP contribution in [0.2, 0.25) is 0 Å². The number of hydrogen-bond donors (Lipinski definition) is 1. The SMILES string of the molecule is Cc1ccc(/C=C2\SC(=S)N(C(C(=O)O)C(C)C)C2=O)cc1. The van der Waals surface area contributed by atoms with Gasteiger partial charge >= 0.3 is 5.97 Å². The molecular formula is C16H17NO3S2. The molecule has 1 heterocycles. The molecule has 0 spiro atoms. The summed E-state index contributed by atoms with van der Waals surface area (Å²) in [5.74, 6) is -1.60. The van der Waals surface area contributed by atoms with Crippen LogP contribution in [0.25, 0.3) is 6.08 Å². The van der Waals surface area contributed by atoms with Crippen molar-refractivity contribution in [3.8, 4) is 0 Å². The van der Waals surface area contributed by atoms with E-state index in [0.29, 0.717) is 9.23 Å². The van der Waals surface area contributed by atoms with Gasteiger partial charge in [-0.25, -0.2) is 4.79 Å². The van der Waals surface area contributed by atoms with Crippen LogP contribution >= 0.6 is 24.0 Å². The summed E-state index contributed by atoms with van der Waals surface area (Å²) in [4.78, 5) is 25.6. The van der Waals surface area contributed by atoms with Crippen LogP contribution in [0, 0.1) is 12.8 Å². The number of thioether (sulfide) groups is 1. The summed E-state index contributed by atoms with van der Waals surface area (Å²) in [5.41, 5.74) is 2.03. The zero-order valence-corrected chi connectivity index (χ0v) is 14.2. The predicted molar refractivity (Wildman–Crippen MR) is 92.5 cm³/mol. The summed E-state index contributed by atoms with van der Waals surface area (Å²) >= 11 is 6.36. The number of hydrogen-bond acceptors (Lipinski definition) is 4. The van der Waals surface area contributed by atoms with E-state index in [1.807, 2.05) is 31.2 Å². The molecule has 1 N–H and O–H groups in total. The smallest absolute Gasteiger partial charge is 0.327 e. The zero-order valence-electron chi connectivity index (χ0n) is 12.6. The Morgan fingerprint density at radius 3 is 2.41 bits per heavy atom. The van der Waals surface area contributed by atoms with Crippen molar-refractivity contribution in [2.45, 2.75) is 26.8 Å². The minimum absolute atomic E-state index is 0.223. The normalized spacial score (nSPS) is 18.4. The Balaban J connectivity index is 2.32. The molecule has 1 aromatic carbocycles. The topological polar surface area (TPSA) is 57.6 Å². The molecule has 6 heteroatoms. The molecule has 4 nitrogen and oxygen atoms in total. The molecule has 1 aliphatic heterocycles. The van der Waals surface area contributed by atoms with Crippen LogP contribution in [0.5, 0.6) is 0 Å². The molecule has 1 saturated heterocycles. The summed E-state index contributed by atoms with van der Waals surface area (Å²) in [6.07, 6.45) is 1.75. The van der Waals surface area contributed by atoms with Gasteiger partial charge in [0.25, 0.3) is 5.91 Å². The first-order valence-electron chi connectivity index (χ1n) is 6.88. The lowest BCUT2D eigenvalue weighted by Crippen LogP contribution is -2.47. The Kier molecular flexibility index (Phi) is 5.03. The Labute approximate surface area is 139 Å². The average molecular weight is 335 g/mol. The van der Waals surface area contributed by atoms with Crippen molar-refractivity contribution in [1.82, 2.24) is 4.90 Å². The number of rotatable bonds is 4. The van der Waals surface area contributed by atoms with E-state index in [0.717, 1.165) is 22.9 Å². The van der Waals surface area contributed by atoms with Crippen molar-refractivity contribution in [1.29, 1.82) is 0 Å².